The first-order valence-electron chi connectivity index (χ1n) is 5.50. The molecule has 0 bridgehead atoms. The van der Waals surface area contributed by atoms with Gasteiger partial charge in [-0.25, -0.2) is 8.78 Å². The molecule has 1 nitrogen and oxygen atoms in total. The normalized spacial score (nSPS) is 10.4. The minimum atomic E-state index is -0.308. The molecule has 0 aliphatic rings. The van der Waals surface area contributed by atoms with Crippen molar-refractivity contribution < 1.29 is 8.78 Å². The Bertz CT molecular complexity index is 518. The standard InChI is InChI=1S/C14H12BrF2N/c1-9-2-4-12(16)7-14(9)18-8-10-6-11(15)3-5-13(10)17/h2-7,18H,8H2,1H3. The summed E-state index contributed by atoms with van der Waals surface area (Å²) in [7, 11) is 0. The Morgan fingerprint density at radius 3 is 2.67 bits per heavy atom. The lowest BCUT2D eigenvalue weighted by atomic mass is 10.1. The molecule has 0 aliphatic heterocycles. The van der Waals surface area contributed by atoms with Crippen molar-refractivity contribution in [2.75, 3.05) is 5.32 Å². The molecule has 0 heterocycles. The summed E-state index contributed by atoms with van der Waals surface area (Å²) in [5.74, 6) is -0.586. The lowest BCUT2D eigenvalue weighted by molar-refractivity contribution is 0.612. The SMILES string of the molecule is Cc1ccc(F)cc1NCc1cc(Br)ccc1F. The quantitative estimate of drug-likeness (QED) is 0.870. The number of benzene rings is 2. The highest BCUT2D eigenvalue weighted by Gasteiger charge is 2.04. The zero-order valence-corrected chi connectivity index (χ0v) is 11.4. The van der Waals surface area contributed by atoms with Crippen molar-refractivity contribution in [1.29, 1.82) is 0 Å². The van der Waals surface area contributed by atoms with Crippen molar-refractivity contribution in [1.82, 2.24) is 0 Å². The molecule has 0 spiro atoms. The monoisotopic (exact) mass is 311 g/mol. The van der Waals surface area contributed by atoms with Crippen LogP contribution in [0.15, 0.2) is 40.9 Å². The van der Waals surface area contributed by atoms with Crippen LogP contribution in [-0.4, -0.2) is 0 Å². The second kappa shape index (κ2) is 5.48. The first-order valence-corrected chi connectivity index (χ1v) is 6.29. The van der Waals surface area contributed by atoms with Crippen molar-refractivity contribution in [2.45, 2.75) is 13.5 Å². The van der Waals surface area contributed by atoms with Crippen molar-refractivity contribution >= 4 is 21.6 Å². The van der Waals surface area contributed by atoms with Crippen LogP contribution in [-0.2, 0) is 6.54 Å². The van der Waals surface area contributed by atoms with E-state index in [1.807, 2.05) is 6.92 Å². The van der Waals surface area contributed by atoms with Crippen LogP contribution in [0.3, 0.4) is 0 Å². The average Bonchev–Trinajstić information content (AvgIpc) is 2.34. The van der Waals surface area contributed by atoms with Gasteiger partial charge in [0.25, 0.3) is 0 Å². The first kappa shape index (κ1) is 13.0. The van der Waals surface area contributed by atoms with E-state index in [4.69, 9.17) is 0 Å². The van der Waals surface area contributed by atoms with Crippen LogP contribution in [0.5, 0.6) is 0 Å². The highest BCUT2D eigenvalue weighted by molar-refractivity contribution is 9.10. The number of anilines is 1. The lowest BCUT2D eigenvalue weighted by Crippen LogP contribution is -2.03. The molecule has 2 rings (SSSR count). The third-order valence-corrected chi connectivity index (χ3v) is 3.17. The van der Waals surface area contributed by atoms with E-state index in [1.54, 1.807) is 18.2 Å². The molecule has 0 aliphatic carbocycles. The Balaban J connectivity index is 2.16. The fraction of sp³-hybridized carbons (Fsp3) is 0.143. The summed E-state index contributed by atoms with van der Waals surface area (Å²) in [6.45, 7) is 2.19. The van der Waals surface area contributed by atoms with Crippen LogP contribution in [0.1, 0.15) is 11.1 Å². The lowest BCUT2D eigenvalue weighted by Gasteiger charge is -2.10. The van der Waals surface area contributed by atoms with Gasteiger partial charge in [-0.05, 0) is 42.8 Å². The highest BCUT2D eigenvalue weighted by Crippen LogP contribution is 2.20. The number of halogens is 3. The minimum Gasteiger partial charge on any atom is -0.381 e. The van der Waals surface area contributed by atoms with Gasteiger partial charge >= 0.3 is 0 Å². The topological polar surface area (TPSA) is 12.0 Å². The number of rotatable bonds is 3. The summed E-state index contributed by atoms with van der Waals surface area (Å²) in [6.07, 6.45) is 0. The fourth-order valence-electron chi connectivity index (χ4n) is 1.65. The minimum absolute atomic E-state index is 0.278. The van der Waals surface area contributed by atoms with E-state index in [9.17, 15) is 8.78 Å². The number of nitrogens with one attached hydrogen (secondary N) is 1. The van der Waals surface area contributed by atoms with Crippen LogP contribution in [0.2, 0.25) is 0 Å². The summed E-state index contributed by atoms with van der Waals surface area (Å²) < 4.78 is 27.4. The van der Waals surface area contributed by atoms with E-state index in [0.717, 1.165) is 10.0 Å². The maximum atomic E-state index is 13.5. The molecule has 0 saturated heterocycles. The molecule has 2 aromatic rings. The van der Waals surface area contributed by atoms with E-state index in [-0.39, 0.29) is 11.6 Å². The van der Waals surface area contributed by atoms with Crippen LogP contribution in [0.4, 0.5) is 14.5 Å². The summed E-state index contributed by atoms with van der Waals surface area (Å²) in [6, 6.07) is 9.25. The maximum Gasteiger partial charge on any atom is 0.128 e. The molecule has 0 amide bonds. The number of aryl methyl sites for hydroxylation is 1. The zero-order valence-electron chi connectivity index (χ0n) is 9.81. The Morgan fingerprint density at radius 2 is 1.89 bits per heavy atom. The summed E-state index contributed by atoms with van der Waals surface area (Å²) in [5, 5.41) is 3.04. The fourth-order valence-corrected chi connectivity index (χ4v) is 2.06. The largest absolute Gasteiger partial charge is 0.381 e. The van der Waals surface area contributed by atoms with E-state index in [0.29, 0.717) is 17.8 Å². The van der Waals surface area contributed by atoms with Gasteiger partial charge < -0.3 is 5.32 Å². The van der Waals surface area contributed by atoms with E-state index >= 15 is 0 Å². The molecular formula is C14H12BrF2N. The molecule has 0 saturated carbocycles. The van der Waals surface area contributed by atoms with E-state index in [1.165, 1.54) is 18.2 Å². The van der Waals surface area contributed by atoms with E-state index in [2.05, 4.69) is 21.2 Å². The van der Waals surface area contributed by atoms with Crippen molar-refractivity contribution in [3.63, 3.8) is 0 Å². The van der Waals surface area contributed by atoms with Gasteiger partial charge in [-0.2, -0.15) is 0 Å². The van der Waals surface area contributed by atoms with Gasteiger partial charge in [0.15, 0.2) is 0 Å². The molecule has 0 radical (unpaired) electrons. The average molecular weight is 312 g/mol. The van der Waals surface area contributed by atoms with Crippen molar-refractivity contribution in [2.24, 2.45) is 0 Å². The van der Waals surface area contributed by atoms with Crippen LogP contribution in [0.25, 0.3) is 0 Å². The second-order valence-corrected chi connectivity index (χ2v) is 4.96. The third-order valence-electron chi connectivity index (χ3n) is 2.68. The van der Waals surface area contributed by atoms with Crippen molar-refractivity contribution in [3.8, 4) is 0 Å². The van der Waals surface area contributed by atoms with Gasteiger partial charge in [0, 0.05) is 22.3 Å². The Kier molecular flexibility index (Phi) is 3.97. The van der Waals surface area contributed by atoms with Gasteiger partial charge in [-0.15, -0.1) is 0 Å². The Labute approximate surface area is 113 Å². The second-order valence-electron chi connectivity index (χ2n) is 4.05. The van der Waals surface area contributed by atoms with Crippen LogP contribution < -0.4 is 5.32 Å². The number of hydrogen-bond acceptors (Lipinski definition) is 1. The Morgan fingerprint density at radius 1 is 1.11 bits per heavy atom. The third kappa shape index (κ3) is 3.07. The molecule has 1 N–H and O–H groups in total. The first-order chi connectivity index (χ1) is 8.56. The van der Waals surface area contributed by atoms with Gasteiger partial charge in [0.1, 0.15) is 11.6 Å². The van der Waals surface area contributed by atoms with E-state index < -0.39 is 0 Å². The zero-order chi connectivity index (χ0) is 13.1. The maximum absolute atomic E-state index is 13.5. The molecule has 0 aromatic heterocycles. The molecule has 94 valence electrons. The summed E-state index contributed by atoms with van der Waals surface area (Å²) in [5.41, 5.74) is 2.13. The molecule has 0 fully saturated rings. The van der Waals surface area contributed by atoms with Gasteiger partial charge in [-0.3, -0.25) is 0 Å². The van der Waals surface area contributed by atoms with Gasteiger partial charge in [0.05, 0.1) is 0 Å². The van der Waals surface area contributed by atoms with Crippen LogP contribution >= 0.6 is 15.9 Å². The molecule has 0 unspecified atom stereocenters. The van der Waals surface area contributed by atoms with Gasteiger partial charge in [-0.1, -0.05) is 22.0 Å². The number of hydrogen-bond donors (Lipinski definition) is 1. The highest BCUT2D eigenvalue weighted by atomic mass is 79.9. The Hall–Kier alpha value is -1.42. The predicted molar refractivity (Wildman–Crippen MR) is 72.6 cm³/mol. The molecular weight excluding hydrogens is 300 g/mol. The van der Waals surface area contributed by atoms with Gasteiger partial charge in [0.2, 0.25) is 0 Å². The van der Waals surface area contributed by atoms with Crippen molar-refractivity contribution in [3.05, 3.63) is 63.6 Å². The molecule has 2 aromatic carbocycles. The van der Waals surface area contributed by atoms with Crippen LogP contribution in [0, 0.1) is 18.6 Å². The molecule has 4 heteroatoms. The summed E-state index contributed by atoms with van der Waals surface area (Å²) >= 11 is 3.29. The predicted octanol–water partition coefficient (Wildman–Crippen LogP) is 4.65. The molecule has 18 heavy (non-hydrogen) atoms. The smallest absolute Gasteiger partial charge is 0.128 e. The molecule has 0 atom stereocenters. The summed E-state index contributed by atoms with van der Waals surface area (Å²) in [4.78, 5) is 0.